The summed E-state index contributed by atoms with van der Waals surface area (Å²) in [5.74, 6) is 2.13. The van der Waals surface area contributed by atoms with Crippen LogP contribution >= 0.6 is 0 Å². The first-order chi connectivity index (χ1) is 9.85. The van der Waals surface area contributed by atoms with E-state index in [1.165, 1.54) is 0 Å². The lowest BCUT2D eigenvalue weighted by atomic mass is 10.1. The largest absolute Gasteiger partial charge is 0.381 e. The highest BCUT2D eigenvalue weighted by Gasteiger charge is 2.16. The van der Waals surface area contributed by atoms with Gasteiger partial charge in [-0.2, -0.15) is 15.0 Å². The van der Waals surface area contributed by atoms with Crippen LogP contribution in [0.5, 0.6) is 0 Å². The summed E-state index contributed by atoms with van der Waals surface area (Å²) in [5, 5.41) is 6.18. The monoisotopic (exact) mass is 275 g/mol. The van der Waals surface area contributed by atoms with Crippen LogP contribution in [0.25, 0.3) is 5.95 Å². The van der Waals surface area contributed by atoms with Gasteiger partial charge in [0, 0.05) is 38.5 Å². The SMILES string of the molecule is CNc1nc(NCC2CCOC2)nc(-n2ccnc2)n1. The Kier molecular flexibility index (Phi) is 3.73. The number of ether oxygens (including phenoxy) is 1. The Morgan fingerprint density at radius 2 is 2.25 bits per heavy atom. The number of imidazole rings is 1. The van der Waals surface area contributed by atoms with Gasteiger partial charge in [-0.25, -0.2) is 4.98 Å². The van der Waals surface area contributed by atoms with E-state index >= 15 is 0 Å². The fourth-order valence-electron chi connectivity index (χ4n) is 2.03. The zero-order valence-corrected chi connectivity index (χ0v) is 11.3. The molecule has 3 heterocycles. The van der Waals surface area contributed by atoms with Gasteiger partial charge in [0.2, 0.25) is 17.8 Å². The van der Waals surface area contributed by atoms with Crippen LogP contribution in [-0.2, 0) is 4.74 Å². The molecule has 1 atom stereocenters. The van der Waals surface area contributed by atoms with Crippen molar-refractivity contribution < 1.29 is 4.74 Å². The number of anilines is 2. The van der Waals surface area contributed by atoms with E-state index in [-0.39, 0.29) is 0 Å². The minimum Gasteiger partial charge on any atom is -0.381 e. The van der Waals surface area contributed by atoms with Crippen molar-refractivity contribution in [2.45, 2.75) is 6.42 Å². The molecule has 2 aromatic heterocycles. The Labute approximate surface area is 116 Å². The van der Waals surface area contributed by atoms with Crippen molar-refractivity contribution in [3.05, 3.63) is 18.7 Å². The number of aromatic nitrogens is 5. The van der Waals surface area contributed by atoms with Crippen LogP contribution in [0.15, 0.2) is 18.7 Å². The highest BCUT2D eigenvalue weighted by molar-refractivity contribution is 5.37. The summed E-state index contributed by atoms with van der Waals surface area (Å²) in [6.45, 7) is 2.44. The van der Waals surface area contributed by atoms with Crippen molar-refractivity contribution in [3.63, 3.8) is 0 Å². The first kappa shape index (κ1) is 12.8. The molecule has 1 aliphatic rings. The van der Waals surface area contributed by atoms with Crippen molar-refractivity contribution in [3.8, 4) is 5.95 Å². The molecule has 0 saturated carbocycles. The summed E-state index contributed by atoms with van der Waals surface area (Å²) in [4.78, 5) is 17.0. The van der Waals surface area contributed by atoms with E-state index in [1.54, 1.807) is 30.3 Å². The number of nitrogens with one attached hydrogen (secondary N) is 2. The molecule has 1 aliphatic heterocycles. The Morgan fingerprint density at radius 1 is 1.35 bits per heavy atom. The number of rotatable bonds is 5. The van der Waals surface area contributed by atoms with Gasteiger partial charge in [-0.15, -0.1) is 0 Å². The molecule has 3 rings (SSSR count). The number of hydrogen-bond acceptors (Lipinski definition) is 7. The molecule has 106 valence electrons. The van der Waals surface area contributed by atoms with Crippen molar-refractivity contribution in [2.75, 3.05) is 37.4 Å². The van der Waals surface area contributed by atoms with Crippen LogP contribution in [0.1, 0.15) is 6.42 Å². The lowest BCUT2D eigenvalue weighted by Crippen LogP contribution is -2.17. The quantitative estimate of drug-likeness (QED) is 0.823. The second kappa shape index (κ2) is 5.83. The summed E-state index contributed by atoms with van der Waals surface area (Å²) in [5.41, 5.74) is 0. The number of nitrogens with zero attached hydrogens (tertiary/aromatic N) is 5. The molecule has 0 aliphatic carbocycles. The Morgan fingerprint density at radius 3 is 2.95 bits per heavy atom. The highest BCUT2D eigenvalue weighted by atomic mass is 16.5. The van der Waals surface area contributed by atoms with Gasteiger partial charge in [0.1, 0.15) is 6.33 Å². The van der Waals surface area contributed by atoms with E-state index in [0.717, 1.165) is 26.2 Å². The van der Waals surface area contributed by atoms with Crippen LogP contribution in [0, 0.1) is 5.92 Å². The molecular formula is C12H17N7O. The van der Waals surface area contributed by atoms with Crippen molar-refractivity contribution >= 4 is 11.9 Å². The summed E-state index contributed by atoms with van der Waals surface area (Å²) in [6, 6.07) is 0. The molecule has 0 radical (unpaired) electrons. The molecule has 8 nitrogen and oxygen atoms in total. The molecule has 0 spiro atoms. The van der Waals surface area contributed by atoms with Crippen molar-refractivity contribution in [1.82, 2.24) is 24.5 Å². The molecule has 20 heavy (non-hydrogen) atoms. The summed E-state index contributed by atoms with van der Waals surface area (Å²) >= 11 is 0. The zero-order valence-electron chi connectivity index (χ0n) is 11.3. The van der Waals surface area contributed by atoms with E-state index in [0.29, 0.717) is 23.8 Å². The van der Waals surface area contributed by atoms with Crippen LogP contribution in [0.3, 0.4) is 0 Å². The Bertz CT molecular complexity index is 551. The van der Waals surface area contributed by atoms with Crippen LogP contribution < -0.4 is 10.6 Å². The first-order valence-electron chi connectivity index (χ1n) is 6.59. The standard InChI is InChI=1S/C12H17N7O/c1-13-10-16-11(15-6-9-2-5-20-7-9)18-12(17-10)19-4-3-14-8-19/h3-4,8-9H,2,5-7H2,1H3,(H2,13,15,16,17,18). The topological polar surface area (TPSA) is 89.8 Å². The summed E-state index contributed by atoms with van der Waals surface area (Å²) in [6.07, 6.45) is 6.21. The van der Waals surface area contributed by atoms with Crippen molar-refractivity contribution in [2.24, 2.45) is 5.92 Å². The molecule has 0 amide bonds. The van der Waals surface area contributed by atoms with Gasteiger partial charge in [0.25, 0.3) is 0 Å². The van der Waals surface area contributed by atoms with Gasteiger partial charge < -0.3 is 15.4 Å². The van der Waals surface area contributed by atoms with Gasteiger partial charge in [0.15, 0.2) is 0 Å². The molecule has 1 fully saturated rings. The predicted octanol–water partition coefficient (Wildman–Crippen LogP) is 0.547. The first-order valence-corrected chi connectivity index (χ1v) is 6.59. The third kappa shape index (κ3) is 2.85. The van der Waals surface area contributed by atoms with Crippen LogP contribution in [0.4, 0.5) is 11.9 Å². The Hall–Kier alpha value is -2.22. The molecule has 1 saturated heterocycles. The van der Waals surface area contributed by atoms with E-state index in [1.807, 2.05) is 0 Å². The van der Waals surface area contributed by atoms with E-state index < -0.39 is 0 Å². The average molecular weight is 275 g/mol. The predicted molar refractivity (Wildman–Crippen MR) is 73.9 cm³/mol. The fourth-order valence-corrected chi connectivity index (χ4v) is 2.03. The maximum absolute atomic E-state index is 5.36. The molecular weight excluding hydrogens is 258 g/mol. The molecule has 8 heteroatoms. The van der Waals surface area contributed by atoms with Crippen LogP contribution in [-0.4, -0.2) is 51.3 Å². The summed E-state index contributed by atoms with van der Waals surface area (Å²) in [7, 11) is 1.78. The van der Waals surface area contributed by atoms with Crippen molar-refractivity contribution in [1.29, 1.82) is 0 Å². The molecule has 2 aromatic rings. The van der Waals surface area contributed by atoms with E-state index in [2.05, 4.69) is 30.6 Å². The normalized spacial score (nSPS) is 18.1. The minimum absolute atomic E-state index is 0.515. The van der Waals surface area contributed by atoms with Crippen LogP contribution in [0.2, 0.25) is 0 Å². The third-order valence-electron chi connectivity index (χ3n) is 3.16. The highest BCUT2D eigenvalue weighted by Crippen LogP contribution is 2.14. The van der Waals surface area contributed by atoms with E-state index in [9.17, 15) is 0 Å². The third-order valence-corrected chi connectivity index (χ3v) is 3.16. The minimum atomic E-state index is 0.515. The second-order valence-electron chi connectivity index (χ2n) is 4.61. The van der Waals surface area contributed by atoms with Gasteiger partial charge in [-0.05, 0) is 6.42 Å². The van der Waals surface area contributed by atoms with Gasteiger partial charge >= 0.3 is 0 Å². The van der Waals surface area contributed by atoms with E-state index in [4.69, 9.17) is 4.74 Å². The maximum atomic E-state index is 5.36. The molecule has 2 N–H and O–H groups in total. The maximum Gasteiger partial charge on any atom is 0.241 e. The molecule has 0 bridgehead atoms. The smallest absolute Gasteiger partial charge is 0.241 e. The van der Waals surface area contributed by atoms with Gasteiger partial charge in [0.05, 0.1) is 6.61 Å². The van der Waals surface area contributed by atoms with Gasteiger partial charge in [-0.1, -0.05) is 0 Å². The average Bonchev–Trinajstić information content (AvgIpc) is 3.17. The van der Waals surface area contributed by atoms with Gasteiger partial charge in [-0.3, -0.25) is 4.57 Å². The zero-order chi connectivity index (χ0) is 13.8. The second-order valence-corrected chi connectivity index (χ2v) is 4.61. The summed E-state index contributed by atoms with van der Waals surface area (Å²) < 4.78 is 7.10. The fraction of sp³-hybridized carbons (Fsp3) is 0.500. The number of hydrogen-bond donors (Lipinski definition) is 2. The lowest BCUT2D eigenvalue weighted by Gasteiger charge is -2.11. The Balaban J connectivity index is 1.77. The molecule has 1 unspecified atom stereocenters. The molecule has 0 aromatic carbocycles. The lowest BCUT2D eigenvalue weighted by molar-refractivity contribution is 0.187.